The van der Waals surface area contributed by atoms with Crippen LogP contribution >= 0.6 is 15.9 Å². The highest BCUT2D eigenvalue weighted by atomic mass is 79.9. The molecule has 0 saturated heterocycles. The number of ether oxygens (including phenoxy) is 1. The van der Waals surface area contributed by atoms with E-state index in [4.69, 9.17) is 10.5 Å². The molecule has 0 aliphatic heterocycles. The second-order valence-corrected chi connectivity index (χ2v) is 4.48. The lowest BCUT2D eigenvalue weighted by Crippen LogP contribution is -2.19. The number of hydrogen-bond acceptors (Lipinski definition) is 3. The second-order valence-electron chi connectivity index (χ2n) is 3.63. The summed E-state index contributed by atoms with van der Waals surface area (Å²) in [6.45, 7) is 0.437. The Kier molecular flexibility index (Phi) is 4.12. The minimum absolute atomic E-state index is 0.148. The van der Waals surface area contributed by atoms with E-state index in [-0.39, 0.29) is 6.04 Å². The van der Waals surface area contributed by atoms with Crippen LogP contribution in [0.4, 0.5) is 0 Å². The van der Waals surface area contributed by atoms with E-state index < -0.39 is 0 Å². The molecule has 2 N–H and O–H groups in total. The van der Waals surface area contributed by atoms with Gasteiger partial charge in [0.05, 0.1) is 10.5 Å². The van der Waals surface area contributed by atoms with E-state index in [0.717, 1.165) is 15.8 Å². The topological polar surface area (TPSA) is 48.1 Å². The van der Waals surface area contributed by atoms with E-state index in [1.807, 2.05) is 36.4 Å². The Balaban J connectivity index is 1.97. The molecule has 0 aliphatic rings. The summed E-state index contributed by atoms with van der Waals surface area (Å²) in [6.07, 6.45) is 3.46. The van der Waals surface area contributed by atoms with Crippen molar-refractivity contribution in [3.8, 4) is 5.75 Å². The van der Waals surface area contributed by atoms with Crippen molar-refractivity contribution in [1.82, 2.24) is 4.98 Å². The van der Waals surface area contributed by atoms with Crippen molar-refractivity contribution in [2.75, 3.05) is 6.61 Å². The largest absolute Gasteiger partial charge is 0.490 e. The van der Waals surface area contributed by atoms with Gasteiger partial charge in [0.1, 0.15) is 12.4 Å². The third-order valence-electron chi connectivity index (χ3n) is 2.39. The first-order chi connectivity index (χ1) is 8.27. The van der Waals surface area contributed by atoms with Gasteiger partial charge in [-0.05, 0) is 45.8 Å². The zero-order valence-corrected chi connectivity index (χ0v) is 10.8. The number of rotatable bonds is 4. The van der Waals surface area contributed by atoms with Crippen LogP contribution in [0.25, 0.3) is 0 Å². The number of nitrogens with zero attached hydrogens (tertiary/aromatic N) is 1. The molecule has 1 heterocycles. The molecule has 17 heavy (non-hydrogen) atoms. The van der Waals surface area contributed by atoms with Crippen LogP contribution in [0.1, 0.15) is 11.6 Å². The van der Waals surface area contributed by atoms with E-state index in [1.54, 1.807) is 12.4 Å². The quantitative estimate of drug-likeness (QED) is 0.943. The van der Waals surface area contributed by atoms with Gasteiger partial charge in [-0.1, -0.05) is 12.1 Å². The van der Waals surface area contributed by atoms with E-state index in [1.165, 1.54) is 0 Å². The van der Waals surface area contributed by atoms with Crippen molar-refractivity contribution < 1.29 is 4.74 Å². The number of benzene rings is 1. The molecule has 1 atom stereocenters. The number of pyridine rings is 1. The number of aromatic nitrogens is 1. The Labute approximate surface area is 109 Å². The SMILES string of the molecule is NC(COc1ccccc1Br)c1ccncc1. The van der Waals surface area contributed by atoms with Gasteiger partial charge in [-0.2, -0.15) is 0 Å². The molecule has 2 rings (SSSR count). The average molecular weight is 293 g/mol. The van der Waals surface area contributed by atoms with Crippen LogP contribution in [0.2, 0.25) is 0 Å². The van der Waals surface area contributed by atoms with Crippen molar-refractivity contribution >= 4 is 15.9 Å². The van der Waals surface area contributed by atoms with Gasteiger partial charge in [-0.25, -0.2) is 0 Å². The Morgan fingerprint density at radius 3 is 2.59 bits per heavy atom. The predicted octanol–water partition coefficient (Wildman–Crippen LogP) is 2.92. The minimum atomic E-state index is -0.148. The molecular weight excluding hydrogens is 280 g/mol. The summed E-state index contributed by atoms with van der Waals surface area (Å²) in [5.74, 6) is 0.803. The van der Waals surface area contributed by atoms with Crippen LogP contribution in [0, 0.1) is 0 Å². The van der Waals surface area contributed by atoms with Gasteiger partial charge in [-0.3, -0.25) is 4.98 Å². The standard InChI is InChI=1S/C13H13BrN2O/c14-11-3-1-2-4-13(11)17-9-12(15)10-5-7-16-8-6-10/h1-8,12H,9,15H2. The summed E-state index contributed by atoms with van der Waals surface area (Å²) in [5.41, 5.74) is 7.05. The molecule has 0 saturated carbocycles. The summed E-state index contributed by atoms with van der Waals surface area (Å²) in [5, 5.41) is 0. The number of halogens is 1. The molecule has 0 bridgehead atoms. The second kappa shape index (κ2) is 5.80. The van der Waals surface area contributed by atoms with Crippen LogP contribution in [-0.4, -0.2) is 11.6 Å². The highest BCUT2D eigenvalue weighted by Gasteiger charge is 2.07. The normalized spacial score (nSPS) is 12.1. The lowest BCUT2D eigenvalue weighted by Gasteiger charge is -2.14. The Bertz CT molecular complexity index is 476. The average Bonchev–Trinajstić information content (AvgIpc) is 2.38. The van der Waals surface area contributed by atoms with Crippen LogP contribution in [-0.2, 0) is 0 Å². The van der Waals surface area contributed by atoms with Crippen molar-refractivity contribution in [3.63, 3.8) is 0 Å². The van der Waals surface area contributed by atoms with Crippen molar-refractivity contribution in [1.29, 1.82) is 0 Å². The number of hydrogen-bond donors (Lipinski definition) is 1. The molecular formula is C13H13BrN2O. The van der Waals surface area contributed by atoms with Crippen LogP contribution in [0.5, 0.6) is 5.75 Å². The first-order valence-electron chi connectivity index (χ1n) is 5.30. The maximum atomic E-state index is 6.02. The Morgan fingerprint density at radius 1 is 1.18 bits per heavy atom. The molecule has 0 aliphatic carbocycles. The van der Waals surface area contributed by atoms with E-state index >= 15 is 0 Å². The molecule has 4 heteroatoms. The lowest BCUT2D eigenvalue weighted by atomic mass is 10.1. The Morgan fingerprint density at radius 2 is 1.88 bits per heavy atom. The maximum absolute atomic E-state index is 6.02. The molecule has 1 unspecified atom stereocenters. The predicted molar refractivity (Wildman–Crippen MR) is 70.8 cm³/mol. The molecule has 1 aromatic heterocycles. The van der Waals surface area contributed by atoms with Crippen molar-refractivity contribution in [2.45, 2.75) is 6.04 Å². The van der Waals surface area contributed by atoms with Crippen molar-refractivity contribution in [3.05, 3.63) is 58.8 Å². The highest BCUT2D eigenvalue weighted by molar-refractivity contribution is 9.10. The molecule has 0 amide bonds. The summed E-state index contributed by atoms with van der Waals surface area (Å²) >= 11 is 3.43. The fourth-order valence-electron chi connectivity index (χ4n) is 1.45. The molecule has 3 nitrogen and oxygen atoms in total. The number of para-hydroxylation sites is 1. The fraction of sp³-hybridized carbons (Fsp3) is 0.154. The van der Waals surface area contributed by atoms with E-state index in [0.29, 0.717) is 6.61 Å². The van der Waals surface area contributed by atoms with Gasteiger partial charge < -0.3 is 10.5 Å². The first kappa shape index (κ1) is 12.1. The van der Waals surface area contributed by atoms with Crippen LogP contribution < -0.4 is 10.5 Å². The van der Waals surface area contributed by atoms with Gasteiger partial charge in [0.25, 0.3) is 0 Å². The van der Waals surface area contributed by atoms with Crippen molar-refractivity contribution in [2.24, 2.45) is 5.73 Å². The minimum Gasteiger partial charge on any atom is -0.490 e. The summed E-state index contributed by atoms with van der Waals surface area (Å²) in [7, 11) is 0. The lowest BCUT2D eigenvalue weighted by molar-refractivity contribution is 0.289. The monoisotopic (exact) mass is 292 g/mol. The molecule has 2 aromatic rings. The third kappa shape index (κ3) is 3.28. The molecule has 0 spiro atoms. The van der Waals surface area contributed by atoms with Crippen LogP contribution in [0.15, 0.2) is 53.3 Å². The van der Waals surface area contributed by atoms with E-state index in [9.17, 15) is 0 Å². The zero-order chi connectivity index (χ0) is 12.1. The zero-order valence-electron chi connectivity index (χ0n) is 9.21. The summed E-state index contributed by atoms with van der Waals surface area (Å²) in [4.78, 5) is 3.96. The third-order valence-corrected chi connectivity index (χ3v) is 3.04. The van der Waals surface area contributed by atoms with E-state index in [2.05, 4.69) is 20.9 Å². The van der Waals surface area contributed by atoms with Gasteiger partial charge >= 0.3 is 0 Å². The smallest absolute Gasteiger partial charge is 0.133 e. The van der Waals surface area contributed by atoms with Gasteiger partial charge in [0.15, 0.2) is 0 Å². The molecule has 0 fully saturated rings. The van der Waals surface area contributed by atoms with Gasteiger partial charge in [-0.15, -0.1) is 0 Å². The maximum Gasteiger partial charge on any atom is 0.133 e. The van der Waals surface area contributed by atoms with Crippen LogP contribution in [0.3, 0.4) is 0 Å². The molecule has 0 radical (unpaired) electrons. The fourth-order valence-corrected chi connectivity index (χ4v) is 1.85. The first-order valence-corrected chi connectivity index (χ1v) is 6.09. The Hall–Kier alpha value is -1.39. The summed E-state index contributed by atoms with van der Waals surface area (Å²) in [6, 6.07) is 11.4. The molecule has 1 aromatic carbocycles. The van der Waals surface area contributed by atoms with Gasteiger partial charge in [0, 0.05) is 12.4 Å². The number of nitrogens with two attached hydrogens (primary N) is 1. The summed E-state index contributed by atoms with van der Waals surface area (Å²) < 4.78 is 6.59. The molecule has 88 valence electrons. The highest BCUT2D eigenvalue weighted by Crippen LogP contribution is 2.24. The van der Waals surface area contributed by atoms with Gasteiger partial charge in [0.2, 0.25) is 0 Å².